The molecule has 3 fully saturated rings. The van der Waals surface area contributed by atoms with Crippen LogP contribution in [0.2, 0.25) is 0 Å². The van der Waals surface area contributed by atoms with Crippen LogP contribution in [-0.2, 0) is 19.2 Å². The Kier molecular flexibility index (Phi) is 11.9. The van der Waals surface area contributed by atoms with Gasteiger partial charge in [0.25, 0.3) is 6.47 Å². The molecule has 0 bridgehead atoms. The van der Waals surface area contributed by atoms with E-state index in [-0.39, 0.29) is 24.2 Å². The van der Waals surface area contributed by atoms with Crippen molar-refractivity contribution in [1.82, 2.24) is 0 Å². The molecule has 0 heterocycles. The first-order valence-corrected chi connectivity index (χ1v) is 9.15. The Bertz CT molecular complexity index is 669. The smallest absolute Gasteiger partial charge is 0.306 e. The average molecular weight is 446 g/mol. The third-order valence-electron chi connectivity index (χ3n) is 3.89. The minimum atomic E-state index is -0.708. The van der Waals surface area contributed by atoms with Crippen molar-refractivity contribution in [3.05, 3.63) is 12.1 Å². The molecule has 0 amide bonds. The van der Waals surface area contributed by atoms with Crippen LogP contribution in [0.5, 0.6) is 23.0 Å². The average Bonchev–Trinajstić information content (AvgIpc) is 3.56. The van der Waals surface area contributed by atoms with E-state index in [9.17, 15) is 14.4 Å². The first kappa shape index (κ1) is 27.3. The van der Waals surface area contributed by atoms with Gasteiger partial charge < -0.3 is 40.9 Å². The fourth-order valence-corrected chi connectivity index (χ4v) is 1.55. The molecule has 0 unspecified atom stereocenters. The van der Waals surface area contributed by atoms with Crippen LogP contribution in [0.1, 0.15) is 38.5 Å². The number of benzene rings is 1. The number of carboxylic acid groups (broad SMARTS) is 4. The van der Waals surface area contributed by atoms with Gasteiger partial charge >= 0.3 is 17.9 Å². The van der Waals surface area contributed by atoms with Crippen molar-refractivity contribution in [1.29, 1.82) is 0 Å². The van der Waals surface area contributed by atoms with Gasteiger partial charge in [-0.15, -0.1) is 0 Å². The number of rotatable bonds is 3. The van der Waals surface area contributed by atoms with Crippen LogP contribution in [0.3, 0.4) is 0 Å². The topological polar surface area (TPSA) is 230 Å². The van der Waals surface area contributed by atoms with Gasteiger partial charge in [0.1, 0.15) is 0 Å². The molecule has 4 rings (SSSR count). The summed E-state index contributed by atoms with van der Waals surface area (Å²) >= 11 is 0. The molecule has 174 valence electrons. The summed E-state index contributed by atoms with van der Waals surface area (Å²) in [6.45, 7) is -0.250. The lowest BCUT2D eigenvalue weighted by atomic mass is 10.3. The lowest BCUT2D eigenvalue weighted by Crippen LogP contribution is -1.94. The van der Waals surface area contributed by atoms with Gasteiger partial charge in [0, 0.05) is 0 Å². The molecular formula is C19H26O12. The summed E-state index contributed by atoms with van der Waals surface area (Å²) in [6.07, 6.45) is 5.39. The van der Waals surface area contributed by atoms with E-state index in [1.165, 1.54) is 0 Å². The highest BCUT2D eigenvalue weighted by Crippen LogP contribution is 2.40. The third-order valence-corrected chi connectivity index (χ3v) is 3.89. The standard InChI is InChI=1S/C6H6O4.3C4H6O2.CH2O2/c7-3-1-2-4(8)6(10)5(3)9;3*5-4(6)3-1-2-3;2-1-3/h1-2,7-10H;3*3H,1-2H2,(H,5,6);1H,(H,2,3). The van der Waals surface area contributed by atoms with E-state index in [1.54, 1.807) is 0 Å². The summed E-state index contributed by atoms with van der Waals surface area (Å²) in [5.41, 5.74) is 0. The van der Waals surface area contributed by atoms with E-state index in [2.05, 4.69) is 0 Å². The maximum Gasteiger partial charge on any atom is 0.306 e. The van der Waals surface area contributed by atoms with Crippen LogP contribution in [0, 0.1) is 17.8 Å². The van der Waals surface area contributed by atoms with Crippen molar-refractivity contribution >= 4 is 24.4 Å². The molecular weight excluding hydrogens is 420 g/mol. The maximum atomic E-state index is 9.76. The van der Waals surface area contributed by atoms with Gasteiger partial charge in [-0.25, -0.2) is 0 Å². The number of phenolic OH excluding ortho intramolecular Hbond substituents is 4. The van der Waals surface area contributed by atoms with Crippen molar-refractivity contribution in [2.75, 3.05) is 0 Å². The monoisotopic (exact) mass is 446 g/mol. The van der Waals surface area contributed by atoms with Crippen molar-refractivity contribution in [2.24, 2.45) is 17.8 Å². The Balaban J connectivity index is 0.000000380. The van der Waals surface area contributed by atoms with Gasteiger partial charge in [0.2, 0.25) is 11.5 Å². The summed E-state index contributed by atoms with van der Waals surface area (Å²) in [5.74, 6) is -4.18. The van der Waals surface area contributed by atoms with E-state index in [4.69, 9.17) is 45.6 Å². The molecule has 12 nitrogen and oxygen atoms in total. The van der Waals surface area contributed by atoms with Gasteiger partial charge in [-0.2, -0.15) is 0 Å². The fourth-order valence-electron chi connectivity index (χ4n) is 1.55. The number of aromatic hydroxyl groups is 4. The summed E-state index contributed by atoms with van der Waals surface area (Å²) < 4.78 is 0. The van der Waals surface area contributed by atoms with Gasteiger partial charge in [0.15, 0.2) is 11.5 Å². The van der Waals surface area contributed by atoms with Crippen molar-refractivity contribution in [3.8, 4) is 23.0 Å². The largest absolute Gasteiger partial charge is 0.504 e. The molecule has 1 aromatic carbocycles. The molecule has 3 saturated carbocycles. The van der Waals surface area contributed by atoms with E-state index in [1.807, 2.05) is 0 Å². The predicted molar refractivity (Wildman–Crippen MR) is 103 cm³/mol. The highest BCUT2D eigenvalue weighted by atomic mass is 16.4. The SMILES string of the molecule is O=C(O)C1CC1.O=C(O)C1CC1.O=C(O)C1CC1.O=CO.Oc1ccc(O)c(O)c1O. The Labute approximate surface area is 176 Å². The lowest BCUT2D eigenvalue weighted by Gasteiger charge is -2.00. The Morgan fingerprint density at radius 3 is 0.935 bits per heavy atom. The van der Waals surface area contributed by atoms with E-state index >= 15 is 0 Å². The van der Waals surface area contributed by atoms with Crippen LogP contribution in [0.15, 0.2) is 12.1 Å². The zero-order chi connectivity index (χ0) is 24.1. The zero-order valence-electron chi connectivity index (χ0n) is 16.4. The number of carbonyl (C=O) groups is 4. The normalized spacial score (nSPS) is 15.5. The maximum absolute atomic E-state index is 9.76. The first-order chi connectivity index (χ1) is 14.5. The molecule has 0 atom stereocenters. The van der Waals surface area contributed by atoms with Gasteiger partial charge in [0.05, 0.1) is 17.8 Å². The van der Waals surface area contributed by atoms with E-state index < -0.39 is 40.9 Å². The molecule has 3 aliphatic rings. The molecule has 0 aliphatic heterocycles. The van der Waals surface area contributed by atoms with Crippen LogP contribution < -0.4 is 0 Å². The Morgan fingerprint density at radius 1 is 0.645 bits per heavy atom. The molecule has 31 heavy (non-hydrogen) atoms. The van der Waals surface area contributed by atoms with Crippen molar-refractivity contribution in [2.45, 2.75) is 38.5 Å². The number of carboxylic acids is 3. The second-order valence-electron chi connectivity index (χ2n) is 6.74. The second-order valence-corrected chi connectivity index (χ2v) is 6.74. The zero-order valence-corrected chi connectivity index (χ0v) is 16.4. The first-order valence-electron chi connectivity index (χ1n) is 9.15. The van der Waals surface area contributed by atoms with Crippen molar-refractivity contribution in [3.63, 3.8) is 0 Å². The second kappa shape index (κ2) is 13.5. The quantitative estimate of drug-likeness (QED) is 0.188. The van der Waals surface area contributed by atoms with Gasteiger partial charge in [-0.05, 0) is 50.7 Å². The minimum Gasteiger partial charge on any atom is -0.504 e. The van der Waals surface area contributed by atoms with Crippen LogP contribution in [-0.4, -0.2) is 65.2 Å². The van der Waals surface area contributed by atoms with Crippen LogP contribution in [0.4, 0.5) is 0 Å². The molecule has 12 heteroatoms. The number of hydrogen-bond acceptors (Lipinski definition) is 8. The molecule has 0 radical (unpaired) electrons. The summed E-state index contributed by atoms with van der Waals surface area (Å²) in [5, 5.41) is 65.9. The Morgan fingerprint density at radius 2 is 0.839 bits per heavy atom. The number of aliphatic carboxylic acids is 3. The van der Waals surface area contributed by atoms with Gasteiger partial charge in [-0.1, -0.05) is 0 Å². The van der Waals surface area contributed by atoms with E-state index in [0.717, 1.165) is 50.7 Å². The summed E-state index contributed by atoms with van der Waals surface area (Å²) in [6, 6.07) is 2.15. The molecule has 0 saturated heterocycles. The molecule has 0 aromatic heterocycles. The van der Waals surface area contributed by atoms with Crippen LogP contribution in [0.25, 0.3) is 0 Å². The summed E-state index contributed by atoms with van der Waals surface area (Å²) in [7, 11) is 0. The van der Waals surface area contributed by atoms with Gasteiger partial charge in [-0.3, -0.25) is 19.2 Å². The highest BCUT2D eigenvalue weighted by Gasteiger charge is 2.29. The predicted octanol–water partition coefficient (Wildman–Crippen LogP) is 1.65. The molecule has 1 aromatic rings. The van der Waals surface area contributed by atoms with E-state index in [0.29, 0.717) is 0 Å². The molecule has 8 N–H and O–H groups in total. The van der Waals surface area contributed by atoms with Crippen LogP contribution >= 0.6 is 0 Å². The van der Waals surface area contributed by atoms with Crippen molar-refractivity contribution < 1.29 is 60.0 Å². The number of phenols is 4. The fraction of sp³-hybridized carbons (Fsp3) is 0.474. The lowest BCUT2D eigenvalue weighted by molar-refractivity contribution is -0.139. The minimum absolute atomic E-state index is 0.0185. The highest BCUT2D eigenvalue weighted by molar-refractivity contribution is 5.73. The third kappa shape index (κ3) is 13.2. The Hall–Kier alpha value is -3.70. The molecule has 0 spiro atoms. The summed E-state index contributed by atoms with van der Waals surface area (Å²) in [4.78, 5) is 37.6. The number of hydrogen-bond donors (Lipinski definition) is 8. The molecule has 3 aliphatic carbocycles.